The summed E-state index contributed by atoms with van der Waals surface area (Å²) in [7, 11) is -4.13. The minimum absolute atomic E-state index is 0.0199. The van der Waals surface area contributed by atoms with E-state index < -0.39 is 28.0 Å². The number of ether oxygens (including phenoxy) is 2. The van der Waals surface area contributed by atoms with Gasteiger partial charge in [0.15, 0.2) is 0 Å². The van der Waals surface area contributed by atoms with Crippen LogP contribution in [-0.4, -0.2) is 61.0 Å². The molecule has 198 valence electrons. The Hall–Kier alpha value is -3.51. The van der Waals surface area contributed by atoms with Gasteiger partial charge < -0.3 is 20.2 Å². The number of aryl methyl sites for hydroxylation is 1. The van der Waals surface area contributed by atoms with E-state index in [1.807, 2.05) is 19.1 Å². The lowest BCUT2D eigenvalue weighted by Crippen LogP contribution is -2.47. The van der Waals surface area contributed by atoms with Crippen LogP contribution < -0.4 is 10.5 Å². The summed E-state index contributed by atoms with van der Waals surface area (Å²) in [6.45, 7) is 2.28. The number of morpholine rings is 1. The first-order valence-corrected chi connectivity index (χ1v) is 13.5. The van der Waals surface area contributed by atoms with Gasteiger partial charge in [0.05, 0.1) is 6.61 Å². The molecule has 1 unspecified atom stereocenters. The molecule has 0 aliphatic carbocycles. The number of rotatable bonds is 7. The number of hydrogen-bond acceptors (Lipinski definition) is 6. The third-order valence-corrected chi connectivity index (χ3v) is 8.52. The summed E-state index contributed by atoms with van der Waals surface area (Å²) in [6.07, 6.45) is 0.916. The molecule has 5 rings (SSSR count). The third kappa shape index (κ3) is 5.10. The number of nitrogens with two attached hydrogens (primary N) is 1. The third-order valence-electron chi connectivity index (χ3n) is 6.33. The highest BCUT2D eigenvalue weighted by Gasteiger charge is 2.36. The standard InChI is InChI=1S/C26H24ClFN4O5S/c1-15-10-18(4-5-20(15)16-2-7-23(28)30-12-16)37-14-19-13-32(8-9-36-19)38(34,35)25-21-11-17(27)3-6-22(21)31-24(25)26(29)33/h2-7,10-12,19,31H,8-9,13-14H2,1H3,(H2,29,33). The number of benzene rings is 2. The van der Waals surface area contributed by atoms with E-state index in [1.165, 1.54) is 22.6 Å². The van der Waals surface area contributed by atoms with Crippen LogP contribution >= 0.6 is 11.6 Å². The Morgan fingerprint density at radius 2 is 2.08 bits per heavy atom. The molecular formula is C26H24ClFN4O5S. The number of halogens is 2. The molecule has 38 heavy (non-hydrogen) atoms. The molecule has 3 N–H and O–H groups in total. The molecular weight excluding hydrogens is 535 g/mol. The zero-order valence-corrected chi connectivity index (χ0v) is 21.9. The van der Waals surface area contributed by atoms with Gasteiger partial charge in [-0.2, -0.15) is 8.70 Å². The average molecular weight is 559 g/mol. The van der Waals surface area contributed by atoms with Crippen molar-refractivity contribution >= 4 is 38.4 Å². The molecule has 1 saturated heterocycles. The van der Waals surface area contributed by atoms with Crippen molar-refractivity contribution in [2.45, 2.75) is 17.9 Å². The van der Waals surface area contributed by atoms with Crippen LogP contribution in [0.4, 0.5) is 4.39 Å². The highest BCUT2D eigenvalue weighted by Crippen LogP contribution is 2.32. The smallest absolute Gasteiger partial charge is 0.266 e. The summed E-state index contributed by atoms with van der Waals surface area (Å²) >= 11 is 6.11. The monoisotopic (exact) mass is 558 g/mol. The van der Waals surface area contributed by atoms with E-state index in [0.29, 0.717) is 16.3 Å². The fourth-order valence-corrected chi connectivity index (χ4v) is 6.46. The number of pyridine rings is 1. The number of carbonyl (C=O) groups excluding carboxylic acids is 1. The molecule has 0 bridgehead atoms. The zero-order chi connectivity index (χ0) is 27.0. The largest absolute Gasteiger partial charge is 0.491 e. The molecule has 1 aliphatic heterocycles. The molecule has 1 fully saturated rings. The second-order valence-corrected chi connectivity index (χ2v) is 11.2. The van der Waals surface area contributed by atoms with Crippen molar-refractivity contribution in [1.29, 1.82) is 0 Å². The van der Waals surface area contributed by atoms with Crippen molar-refractivity contribution in [3.63, 3.8) is 0 Å². The first-order chi connectivity index (χ1) is 18.1. The maximum absolute atomic E-state index is 13.7. The zero-order valence-electron chi connectivity index (χ0n) is 20.3. The van der Waals surface area contributed by atoms with E-state index in [1.54, 1.807) is 24.3 Å². The number of carbonyl (C=O) groups is 1. The summed E-state index contributed by atoms with van der Waals surface area (Å²) in [5.74, 6) is -0.860. The summed E-state index contributed by atoms with van der Waals surface area (Å²) < 4.78 is 53.5. The fraction of sp³-hybridized carbons (Fsp3) is 0.231. The molecule has 2 aromatic carbocycles. The van der Waals surface area contributed by atoms with Crippen LogP contribution in [-0.2, 0) is 14.8 Å². The first-order valence-electron chi connectivity index (χ1n) is 11.7. The topological polar surface area (TPSA) is 128 Å². The summed E-state index contributed by atoms with van der Waals surface area (Å²) in [4.78, 5) is 18.4. The van der Waals surface area contributed by atoms with Gasteiger partial charge in [-0.3, -0.25) is 4.79 Å². The van der Waals surface area contributed by atoms with Crippen molar-refractivity contribution in [2.24, 2.45) is 5.73 Å². The van der Waals surface area contributed by atoms with Gasteiger partial charge in [0.2, 0.25) is 16.0 Å². The normalized spacial score (nSPS) is 16.6. The van der Waals surface area contributed by atoms with E-state index >= 15 is 0 Å². The van der Waals surface area contributed by atoms with Crippen LogP contribution in [0.1, 0.15) is 16.1 Å². The van der Waals surface area contributed by atoms with Gasteiger partial charge in [0.25, 0.3) is 5.91 Å². The molecule has 4 aromatic rings. The molecule has 0 spiro atoms. The van der Waals surface area contributed by atoms with Crippen LogP contribution in [0.15, 0.2) is 59.6 Å². The second kappa shape index (κ2) is 10.3. The van der Waals surface area contributed by atoms with Crippen LogP contribution in [0.5, 0.6) is 5.75 Å². The number of fused-ring (bicyclic) bond motifs is 1. The van der Waals surface area contributed by atoms with Gasteiger partial charge in [-0.1, -0.05) is 17.7 Å². The minimum atomic E-state index is -4.13. The van der Waals surface area contributed by atoms with Crippen molar-refractivity contribution in [3.8, 4) is 16.9 Å². The molecule has 12 heteroatoms. The van der Waals surface area contributed by atoms with Crippen LogP contribution in [0, 0.1) is 12.9 Å². The van der Waals surface area contributed by atoms with E-state index in [-0.39, 0.29) is 42.3 Å². The van der Waals surface area contributed by atoms with Crippen molar-refractivity contribution in [3.05, 3.63) is 77.0 Å². The Labute approximate surface area is 223 Å². The molecule has 0 saturated carbocycles. The summed E-state index contributed by atoms with van der Waals surface area (Å²) in [6, 6.07) is 13.1. The maximum atomic E-state index is 13.7. The molecule has 9 nitrogen and oxygen atoms in total. The van der Waals surface area contributed by atoms with Gasteiger partial charge in [-0.15, -0.1) is 0 Å². The van der Waals surface area contributed by atoms with E-state index in [9.17, 15) is 17.6 Å². The predicted molar refractivity (Wildman–Crippen MR) is 140 cm³/mol. The summed E-state index contributed by atoms with van der Waals surface area (Å²) in [5.41, 5.74) is 8.30. The minimum Gasteiger partial charge on any atom is -0.491 e. The number of primary amides is 1. The van der Waals surface area contributed by atoms with E-state index in [0.717, 1.165) is 16.7 Å². The predicted octanol–water partition coefficient (Wildman–Crippen LogP) is 3.90. The van der Waals surface area contributed by atoms with Gasteiger partial charge in [0.1, 0.15) is 29.0 Å². The highest BCUT2D eigenvalue weighted by atomic mass is 35.5. The quantitative estimate of drug-likeness (QED) is 0.331. The Bertz CT molecular complexity index is 1620. The lowest BCUT2D eigenvalue weighted by atomic mass is 10.0. The van der Waals surface area contributed by atoms with Crippen molar-refractivity contribution < 1.29 is 27.1 Å². The van der Waals surface area contributed by atoms with Crippen LogP contribution in [0.3, 0.4) is 0 Å². The summed E-state index contributed by atoms with van der Waals surface area (Å²) in [5, 5.41) is 0.617. The number of aromatic amines is 1. The Morgan fingerprint density at radius 1 is 1.26 bits per heavy atom. The van der Waals surface area contributed by atoms with E-state index in [2.05, 4.69) is 9.97 Å². The van der Waals surface area contributed by atoms with Gasteiger partial charge in [-0.05, 0) is 60.5 Å². The van der Waals surface area contributed by atoms with Crippen LogP contribution in [0.2, 0.25) is 5.02 Å². The number of nitrogens with one attached hydrogen (secondary N) is 1. The number of amides is 1. The lowest BCUT2D eigenvalue weighted by Gasteiger charge is -2.32. The van der Waals surface area contributed by atoms with Gasteiger partial charge in [0, 0.05) is 40.8 Å². The SMILES string of the molecule is Cc1cc(OCC2CN(S(=O)(=O)c3c(C(N)=O)[nH]c4ccc(Cl)cc34)CCO2)ccc1-c1ccc(F)nc1. The number of nitrogens with zero attached hydrogens (tertiary/aromatic N) is 2. The van der Waals surface area contributed by atoms with E-state index in [4.69, 9.17) is 26.8 Å². The number of hydrogen-bond donors (Lipinski definition) is 2. The molecule has 1 amide bonds. The van der Waals surface area contributed by atoms with Crippen molar-refractivity contribution in [2.75, 3.05) is 26.3 Å². The van der Waals surface area contributed by atoms with Crippen LogP contribution in [0.25, 0.3) is 22.0 Å². The number of H-pyrrole nitrogens is 1. The van der Waals surface area contributed by atoms with Gasteiger partial charge >= 0.3 is 0 Å². The first kappa shape index (κ1) is 26.1. The Kier molecular flexibility index (Phi) is 7.10. The highest BCUT2D eigenvalue weighted by molar-refractivity contribution is 7.89. The molecule has 0 radical (unpaired) electrons. The number of sulfonamides is 1. The fourth-order valence-electron chi connectivity index (χ4n) is 4.50. The maximum Gasteiger partial charge on any atom is 0.266 e. The molecule has 2 aromatic heterocycles. The Morgan fingerprint density at radius 3 is 2.79 bits per heavy atom. The van der Waals surface area contributed by atoms with Crippen molar-refractivity contribution in [1.82, 2.24) is 14.3 Å². The molecule has 1 aliphatic rings. The Balaban J connectivity index is 1.32. The molecule has 1 atom stereocenters. The number of aromatic nitrogens is 2. The second-order valence-electron chi connectivity index (χ2n) is 8.90. The average Bonchev–Trinajstić information content (AvgIpc) is 3.28. The van der Waals surface area contributed by atoms with Gasteiger partial charge in [-0.25, -0.2) is 13.4 Å². The molecule has 3 heterocycles. The lowest BCUT2D eigenvalue weighted by molar-refractivity contribution is -0.0249.